The van der Waals surface area contributed by atoms with Gasteiger partial charge in [-0.25, -0.2) is 4.39 Å². The van der Waals surface area contributed by atoms with Crippen LogP contribution in [0.25, 0.3) is 0 Å². The quantitative estimate of drug-likeness (QED) is 0.834. The lowest BCUT2D eigenvalue weighted by Crippen LogP contribution is -2.37. The molecule has 4 nitrogen and oxygen atoms in total. The lowest BCUT2D eigenvalue weighted by atomic mass is 10.1. The molecule has 2 atom stereocenters. The molecule has 1 aliphatic rings. The molecule has 2 unspecified atom stereocenters. The highest BCUT2D eigenvalue weighted by Crippen LogP contribution is 2.22. The van der Waals surface area contributed by atoms with E-state index in [1.54, 1.807) is 19.1 Å². The van der Waals surface area contributed by atoms with Gasteiger partial charge in [0.05, 0.1) is 0 Å². The normalized spacial score (nSPS) is 17.4. The number of nitrogens with two attached hydrogens (primary N) is 1. The number of rotatable bonds is 6. The number of halogens is 1. The minimum atomic E-state index is -0.704. The number of carbonyl (C=O) groups is 1. The first-order valence-electron chi connectivity index (χ1n) is 6.96. The number of hydrogen-bond donors (Lipinski definition) is 2. The van der Waals surface area contributed by atoms with Crippen molar-refractivity contribution in [3.63, 3.8) is 0 Å². The van der Waals surface area contributed by atoms with Crippen molar-refractivity contribution in [2.75, 3.05) is 0 Å². The number of hydrogen-bond acceptors (Lipinski definition) is 3. The minimum Gasteiger partial charge on any atom is -0.478 e. The van der Waals surface area contributed by atoms with Crippen LogP contribution in [0.3, 0.4) is 0 Å². The maximum Gasteiger partial charge on any atom is 0.260 e. The van der Waals surface area contributed by atoms with E-state index in [0.717, 1.165) is 18.4 Å². The van der Waals surface area contributed by atoms with Crippen molar-refractivity contribution in [3.8, 4) is 5.75 Å². The Morgan fingerprint density at radius 1 is 1.50 bits per heavy atom. The number of nitrogens with one attached hydrogen (secondary N) is 1. The summed E-state index contributed by atoms with van der Waals surface area (Å²) in [5.74, 6) is -0.572. The molecule has 0 aromatic heterocycles. The summed E-state index contributed by atoms with van der Waals surface area (Å²) in [6.07, 6.45) is 1.93. The maximum atomic E-state index is 13.9. The smallest absolute Gasteiger partial charge is 0.260 e. The van der Waals surface area contributed by atoms with Crippen LogP contribution < -0.4 is 15.8 Å². The fraction of sp³-hybridized carbons (Fsp3) is 0.533. The lowest BCUT2D eigenvalue weighted by molar-refractivity contribution is -0.127. The molecule has 3 N–H and O–H groups in total. The van der Waals surface area contributed by atoms with Crippen LogP contribution in [0.15, 0.2) is 18.2 Å². The highest BCUT2D eigenvalue weighted by atomic mass is 19.1. The number of amides is 1. The lowest BCUT2D eigenvalue weighted by Gasteiger charge is -2.15. The third-order valence-corrected chi connectivity index (χ3v) is 3.15. The highest BCUT2D eigenvalue weighted by Gasteiger charge is 2.26. The molecular weight excluding hydrogens is 259 g/mol. The van der Waals surface area contributed by atoms with Gasteiger partial charge >= 0.3 is 0 Å². The highest BCUT2D eigenvalue weighted by molar-refractivity contribution is 5.81. The molecule has 1 saturated carbocycles. The summed E-state index contributed by atoms with van der Waals surface area (Å²) < 4.78 is 19.3. The van der Waals surface area contributed by atoms with E-state index >= 15 is 0 Å². The van der Waals surface area contributed by atoms with Gasteiger partial charge < -0.3 is 15.8 Å². The first-order chi connectivity index (χ1) is 9.45. The average molecular weight is 280 g/mol. The van der Waals surface area contributed by atoms with Crippen molar-refractivity contribution < 1.29 is 13.9 Å². The molecule has 5 heteroatoms. The molecule has 1 amide bonds. The fourth-order valence-corrected chi connectivity index (χ4v) is 1.93. The number of benzene rings is 1. The van der Waals surface area contributed by atoms with Crippen molar-refractivity contribution in [3.05, 3.63) is 29.6 Å². The van der Waals surface area contributed by atoms with Crippen LogP contribution in [0, 0.1) is 5.82 Å². The molecule has 1 aromatic rings. The first-order valence-corrected chi connectivity index (χ1v) is 6.96. The van der Waals surface area contributed by atoms with Crippen LogP contribution in [-0.4, -0.2) is 24.1 Å². The van der Waals surface area contributed by atoms with E-state index in [1.807, 2.05) is 6.92 Å². The van der Waals surface area contributed by atoms with Gasteiger partial charge in [-0.15, -0.1) is 0 Å². The zero-order chi connectivity index (χ0) is 14.7. The van der Waals surface area contributed by atoms with E-state index in [0.29, 0.717) is 6.42 Å². The Balaban J connectivity index is 1.95. The fourth-order valence-electron chi connectivity index (χ4n) is 1.93. The van der Waals surface area contributed by atoms with Crippen LogP contribution in [-0.2, 0) is 11.2 Å². The third kappa shape index (κ3) is 4.20. The Hall–Kier alpha value is -1.62. The number of ether oxygens (including phenoxy) is 1. The molecule has 0 spiro atoms. The van der Waals surface area contributed by atoms with Crippen molar-refractivity contribution in [2.45, 2.75) is 51.3 Å². The van der Waals surface area contributed by atoms with Gasteiger partial charge in [0.15, 0.2) is 17.7 Å². The Morgan fingerprint density at radius 3 is 2.75 bits per heavy atom. The van der Waals surface area contributed by atoms with Crippen molar-refractivity contribution >= 4 is 5.91 Å². The van der Waals surface area contributed by atoms with Gasteiger partial charge in [0.2, 0.25) is 0 Å². The SMILES string of the molecule is CC(N)Cc1ccc(OC(C)C(=O)NC2CC2)c(F)c1. The second kappa shape index (κ2) is 6.22. The molecule has 1 fully saturated rings. The van der Waals surface area contributed by atoms with Crippen molar-refractivity contribution in [2.24, 2.45) is 5.73 Å². The van der Waals surface area contributed by atoms with Gasteiger partial charge in [-0.2, -0.15) is 0 Å². The minimum absolute atomic E-state index is 0.0237. The number of carbonyl (C=O) groups excluding carboxylic acids is 1. The molecule has 0 radical (unpaired) electrons. The van der Waals surface area contributed by atoms with Gasteiger partial charge in [0.25, 0.3) is 5.91 Å². The maximum absolute atomic E-state index is 13.9. The molecule has 2 rings (SSSR count). The van der Waals surface area contributed by atoms with Crippen LogP contribution in [0.4, 0.5) is 4.39 Å². The second-order valence-electron chi connectivity index (χ2n) is 5.49. The predicted octanol–water partition coefficient (Wildman–Crippen LogP) is 1.76. The molecule has 0 saturated heterocycles. The molecular formula is C15H21FN2O2. The summed E-state index contributed by atoms with van der Waals surface area (Å²) in [4.78, 5) is 11.7. The standard InChI is InChI=1S/C15H21FN2O2/c1-9(17)7-11-3-6-14(13(16)8-11)20-10(2)15(19)18-12-4-5-12/h3,6,8-10,12H,4-5,7,17H2,1-2H3,(H,18,19). The predicted molar refractivity (Wildman–Crippen MR) is 75.0 cm³/mol. The summed E-state index contributed by atoms with van der Waals surface area (Å²) in [5.41, 5.74) is 6.50. The largest absolute Gasteiger partial charge is 0.478 e. The summed E-state index contributed by atoms with van der Waals surface area (Å²) >= 11 is 0. The molecule has 0 aliphatic heterocycles. The zero-order valence-corrected chi connectivity index (χ0v) is 11.9. The average Bonchev–Trinajstić information content (AvgIpc) is 3.15. The second-order valence-corrected chi connectivity index (χ2v) is 5.49. The van der Waals surface area contributed by atoms with E-state index < -0.39 is 11.9 Å². The summed E-state index contributed by atoms with van der Waals surface area (Å²) in [6, 6.07) is 4.97. The molecule has 20 heavy (non-hydrogen) atoms. The van der Waals surface area contributed by atoms with Crippen LogP contribution >= 0.6 is 0 Å². The van der Waals surface area contributed by atoms with Crippen LogP contribution in [0.1, 0.15) is 32.3 Å². The van der Waals surface area contributed by atoms with Gasteiger partial charge in [-0.05, 0) is 50.8 Å². The summed E-state index contributed by atoms with van der Waals surface area (Å²) in [7, 11) is 0. The van der Waals surface area contributed by atoms with E-state index in [2.05, 4.69) is 5.32 Å². The van der Waals surface area contributed by atoms with Gasteiger partial charge in [-0.1, -0.05) is 6.07 Å². The molecule has 0 bridgehead atoms. The molecule has 110 valence electrons. The van der Waals surface area contributed by atoms with Gasteiger partial charge in [0.1, 0.15) is 0 Å². The van der Waals surface area contributed by atoms with Gasteiger partial charge in [-0.3, -0.25) is 4.79 Å². The topological polar surface area (TPSA) is 64.3 Å². The van der Waals surface area contributed by atoms with E-state index in [9.17, 15) is 9.18 Å². The Bertz CT molecular complexity index is 487. The van der Waals surface area contributed by atoms with Gasteiger partial charge in [0, 0.05) is 12.1 Å². The van der Waals surface area contributed by atoms with Crippen molar-refractivity contribution in [1.29, 1.82) is 0 Å². The molecule has 0 heterocycles. The Labute approximate surface area is 118 Å². The monoisotopic (exact) mass is 280 g/mol. The third-order valence-electron chi connectivity index (χ3n) is 3.15. The zero-order valence-electron chi connectivity index (χ0n) is 11.9. The van der Waals surface area contributed by atoms with E-state index in [1.165, 1.54) is 6.07 Å². The van der Waals surface area contributed by atoms with E-state index in [4.69, 9.17) is 10.5 Å². The van der Waals surface area contributed by atoms with E-state index in [-0.39, 0.29) is 23.7 Å². The van der Waals surface area contributed by atoms with Crippen LogP contribution in [0.5, 0.6) is 5.75 Å². The molecule has 1 aliphatic carbocycles. The first kappa shape index (κ1) is 14.8. The Morgan fingerprint density at radius 2 is 2.20 bits per heavy atom. The molecule has 1 aromatic carbocycles. The van der Waals surface area contributed by atoms with Crippen LogP contribution in [0.2, 0.25) is 0 Å². The van der Waals surface area contributed by atoms with Crippen molar-refractivity contribution in [1.82, 2.24) is 5.32 Å². The summed E-state index contributed by atoms with van der Waals surface area (Å²) in [6.45, 7) is 3.49. The summed E-state index contributed by atoms with van der Waals surface area (Å²) in [5, 5.41) is 2.83. The Kier molecular flexibility index (Phi) is 4.60.